The zero-order chi connectivity index (χ0) is 15.6. The zero-order valence-electron chi connectivity index (χ0n) is 13.4. The van der Waals surface area contributed by atoms with Crippen LogP contribution < -0.4 is 0 Å². The average Bonchev–Trinajstić information content (AvgIpc) is 3.10. The fraction of sp³-hybridized carbons (Fsp3) is 0.800. The molecule has 7 heteroatoms. The van der Waals surface area contributed by atoms with Gasteiger partial charge in [0.15, 0.2) is 0 Å². The monoisotopic (exact) mass is 308 g/mol. The van der Waals surface area contributed by atoms with Gasteiger partial charge in [-0.1, -0.05) is 10.3 Å². The third-order valence-electron chi connectivity index (χ3n) is 4.94. The quantitative estimate of drug-likeness (QED) is 0.802. The number of carbonyl (C=O) groups excluding carboxylic acids is 1. The van der Waals surface area contributed by atoms with Gasteiger partial charge < -0.3 is 9.64 Å². The average molecular weight is 308 g/mol. The lowest BCUT2D eigenvalue weighted by Crippen LogP contribution is -2.50. The zero-order valence-corrected chi connectivity index (χ0v) is 13.4. The van der Waals surface area contributed by atoms with Crippen LogP contribution in [0.2, 0.25) is 0 Å². The molecule has 2 aliphatic rings. The minimum atomic E-state index is -0.211. The minimum Gasteiger partial charge on any atom is -0.383 e. The first-order valence-corrected chi connectivity index (χ1v) is 7.93. The number of methoxy groups -OCH3 is 1. The topological polar surface area (TPSA) is 71.7 Å². The summed E-state index contributed by atoms with van der Waals surface area (Å²) < 4.78 is 9.88. The molecule has 2 fully saturated rings. The maximum Gasteiger partial charge on any atom is 0.230 e. The highest BCUT2D eigenvalue weighted by atomic mass is 16.6. The number of rotatable bonds is 5. The molecule has 3 heterocycles. The lowest BCUT2D eigenvalue weighted by molar-refractivity contribution is -0.146. The molecule has 0 aliphatic carbocycles. The molecule has 0 N–H and O–H groups in total. The number of likely N-dealkylation sites (tertiary alicyclic amines) is 2. The highest BCUT2D eigenvalue weighted by Gasteiger charge is 2.48. The van der Waals surface area contributed by atoms with Gasteiger partial charge in [0, 0.05) is 33.3 Å². The standard InChI is InChI=1S/C15H24N4O3/c1-12-13(17-22-16-12)10-18-7-5-15(11-18)4-3-6-19(14(15)20)8-9-21-2/h3-11H2,1-2H3/t15-/m0/s1. The Bertz CT molecular complexity index is 533. The fourth-order valence-electron chi connectivity index (χ4n) is 3.64. The Morgan fingerprint density at radius 2 is 2.18 bits per heavy atom. The molecule has 0 radical (unpaired) electrons. The van der Waals surface area contributed by atoms with Crippen molar-refractivity contribution in [2.24, 2.45) is 5.41 Å². The Kier molecular flexibility index (Phi) is 4.44. The summed E-state index contributed by atoms with van der Waals surface area (Å²) in [5, 5.41) is 7.77. The number of hydrogen-bond acceptors (Lipinski definition) is 6. The SMILES string of the molecule is COCCN1CCC[C@@]2(CCN(Cc3nonc3C)C2)C1=O. The maximum absolute atomic E-state index is 12.9. The molecule has 0 saturated carbocycles. The number of nitrogens with zero attached hydrogens (tertiary/aromatic N) is 4. The molecule has 1 aromatic rings. The summed E-state index contributed by atoms with van der Waals surface area (Å²) in [6.45, 7) is 6.51. The van der Waals surface area contributed by atoms with Crippen molar-refractivity contribution in [2.75, 3.05) is 39.9 Å². The summed E-state index contributed by atoms with van der Waals surface area (Å²) in [4.78, 5) is 17.1. The smallest absolute Gasteiger partial charge is 0.230 e. The lowest BCUT2D eigenvalue weighted by Gasteiger charge is -2.39. The summed E-state index contributed by atoms with van der Waals surface area (Å²) in [5.74, 6) is 0.299. The Morgan fingerprint density at radius 1 is 1.32 bits per heavy atom. The van der Waals surface area contributed by atoms with Gasteiger partial charge in [-0.15, -0.1) is 0 Å². The molecule has 1 atom stereocenters. The van der Waals surface area contributed by atoms with Crippen LogP contribution in [0.5, 0.6) is 0 Å². The molecule has 2 aliphatic heterocycles. The van der Waals surface area contributed by atoms with Crippen LogP contribution in [0.3, 0.4) is 0 Å². The maximum atomic E-state index is 12.9. The van der Waals surface area contributed by atoms with E-state index in [0.29, 0.717) is 25.6 Å². The normalized spacial score (nSPS) is 26.3. The van der Waals surface area contributed by atoms with Gasteiger partial charge in [0.05, 0.1) is 12.0 Å². The molecular formula is C15H24N4O3. The van der Waals surface area contributed by atoms with E-state index >= 15 is 0 Å². The van der Waals surface area contributed by atoms with Crippen molar-refractivity contribution in [2.45, 2.75) is 32.7 Å². The molecule has 1 amide bonds. The van der Waals surface area contributed by atoms with E-state index in [9.17, 15) is 4.79 Å². The van der Waals surface area contributed by atoms with Crippen LogP contribution in [-0.2, 0) is 16.1 Å². The number of hydrogen-bond donors (Lipinski definition) is 0. The summed E-state index contributed by atoms with van der Waals surface area (Å²) in [5.41, 5.74) is 1.49. The number of aryl methyl sites for hydroxylation is 1. The van der Waals surface area contributed by atoms with Gasteiger partial charge in [0.1, 0.15) is 11.4 Å². The highest BCUT2D eigenvalue weighted by Crippen LogP contribution is 2.40. The van der Waals surface area contributed by atoms with Crippen LogP contribution in [0.1, 0.15) is 30.7 Å². The van der Waals surface area contributed by atoms with Crippen molar-refractivity contribution in [3.8, 4) is 0 Å². The summed E-state index contributed by atoms with van der Waals surface area (Å²) >= 11 is 0. The molecule has 0 unspecified atom stereocenters. The predicted octanol–water partition coefficient (Wildman–Crippen LogP) is 0.839. The molecule has 1 spiro atoms. The van der Waals surface area contributed by atoms with Gasteiger partial charge in [0.2, 0.25) is 5.91 Å². The van der Waals surface area contributed by atoms with Crippen LogP contribution in [-0.4, -0.2) is 65.9 Å². The minimum absolute atomic E-state index is 0.211. The van der Waals surface area contributed by atoms with E-state index in [2.05, 4.69) is 15.2 Å². The number of piperidine rings is 1. The van der Waals surface area contributed by atoms with E-state index in [4.69, 9.17) is 9.37 Å². The third-order valence-corrected chi connectivity index (χ3v) is 4.94. The number of amides is 1. The Balaban J connectivity index is 1.64. The first kappa shape index (κ1) is 15.4. The number of carbonyl (C=O) groups is 1. The van der Waals surface area contributed by atoms with E-state index in [-0.39, 0.29) is 5.41 Å². The molecule has 122 valence electrons. The molecule has 22 heavy (non-hydrogen) atoms. The second-order valence-corrected chi connectivity index (χ2v) is 6.43. The summed E-state index contributed by atoms with van der Waals surface area (Å²) in [6.07, 6.45) is 3.00. The van der Waals surface area contributed by atoms with Crippen molar-refractivity contribution in [3.63, 3.8) is 0 Å². The highest BCUT2D eigenvalue weighted by molar-refractivity contribution is 5.84. The van der Waals surface area contributed by atoms with E-state index in [1.165, 1.54) is 0 Å². The molecule has 0 bridgehead atoms. The van der Waals surface area contributed by atoms with Gasteiger partial charge in [-0.05, 0) is 32.7 Å². The number of aromatic nitrogens is 2. The molecule has 2 saturated heterocycles. The fourth-order valence-corrected chi connectivity index (χ4v) is 3.64. The Morgan fingerprint density at radius 3 is 2.91 bits per heavy atom. The first-order chi connectivity index (χ1) is 10.6. The van der Waals surface area contributed by atoms with E-state index in [1.807, 2.05) is 11.8 Å². The second kappa shape index (κ2) is 6.34. The van der Waals surface area contributed by atoms with Gasteiger partial charge in [-0.25, -0.2) is 4.63 Å². The van der Waals surface area contributed by atoms with E-state index in [0.717, 1.165) is 50.3 Å². The Labute approximate surface area is 130 Å². The Hall–Kier alpha value is -1.47. The predicted molar refractivity (Wildman–Crippen MR) is 79.1 cm³/mol. The van der Waals surface area contributed by atoms with Crippen molar-refractivity contribution in [1.82, 2.24) is 20.1 Å². The molecular weight excluding hydrogens is 284 g/mol. The van der Waals surface area contributed by atoms with Crippen molar-refractivity contribution >= 4 is 5.91 Å². The van der Waals surface area contributed by atoms with Crippen LogP contribution >= 0.6 is 0 Å². The van der Waals surface area contributed by atoms with Gasteiger partial charge in [0.25, 0.3) is 0 Å². The van der Waals surface area contributed by atoms with E-state index in [1.54, 1.807) is 7.11 Å². The van der Waals surface area contributed by atoms with Gasteiger partial charge in [-0.3, -0.25) is 9.69 Å². The number of ether oxygens (including phenoxy) is 1. The molecule has 3 rings (SSSR count). The van der Waals surface area contributed by atoms with Gasteiger partial charge >= 0.3 is 0 Å². The summed E-state index contributed by atoms with van der Waals surface area (Å²) in [7, 11) is 1.68. The van der Waals surface area contributed by atoms with E-state index < -0.39 is 0 Å². The second-order valence-electron chi connectivity index (χ2n) is 6.43. The third kappa shape index (κ3) is 2.87. The van der Waals surface area contributed by atoms with Gasteiger partial charge in [-0.2, -0.15) is 0 Å². The van der Waals surface area contributed by atoms with Crippen molar-refractivity contribution in [3.05, 3.63) is 11.4 Å². The van der Waals surface area contributed by atoms with Crippen LogP contribution in [0.4, 0.5) is 0 Å². The first-order valence-electron chi connectivity index (χ1n) is 7.93. The summed E-state index contributed by atoms with van der Waals surface area (Å²) in [6, 6.07) is 0. The molecule has 0 aromatic carbocycles. The molecule has 7 nitrogen and oxygen atoms in total. The van der Waals surface area contributed by atoms with Crippen molar-refractivity contribution in [1.29, 1.82) is 0 Å². The largest absolute Gasteiger partial charge is 0.383 e. The lowest BCUT2D eigenvalue weighted by atomic mass is 9.78. The molecule has 1 aromatic heterocycles. The van der Waals surface area contributed by atoms with Crippen LogP contribution in [0.25, 0.3) is 0 Å². The van der Waals surface area contributed by atoms with Crippen LogP contribution in [0.15, 0.2) is 4.63 Å². The van der Waals surface area contributed by atoms with Crippen LogP contribution in [0, 0.1) is 12.3 Å². The van der Waals surface area contributed by atoms with Crippen molar-refractivity contribution < 1.29 is 14.2 Å².